The van der Waals surface area contributed by atoms with Gasteiger partial charge in [-0.15, -0.1) is 0 Å². The molecule has 0 saturated carbocycles. The van der Waals surface area contributed by atoms with Crippen molar-refractivity contribution in [2.24, 2.45) is 7.05 Å². The van der Waals surface area contributed by atoms with Crippen molar-refractivity contribution in [1.82, 2.24) is 18.8 Å². The van der Waals surface area contributed by atoms with Crippen LogP contribution < -0.4 is 16.3 Å². The number of piperidine rings is 1. The van der Waals surface area contributed by atoms with Gasteiger partial charge in [0.2, 0.25) is 11.8 Å². The van der Waals surface area contributed by atoms with E-state index in [0.29, 0.717) is 23.0 Å². The number of nitrogens with zero attached hydrogens (tertiary/aromatic N) is 3. The highest BCUT2D eigenvalue weighted by Crippen LogP contribution is 2.27. The number of carboxylic acids is 1. The van der Waals surface area contributed by atoms with Crippen LogP contribution in [-0.4, -0.2) is 36.4 Å². The number of fused-ring (bicyclic) bond motifs is 2. The molecule has 4 aromatic rings. The van der Waals surface area contributed by atoms with E-state index >= 15 is 0 Å². The van der Waals surface area contributed by atoms with Crippen LogP contribution in [0.25, 0.3) is 21.1 Å². The zero-order valence-electron chi connectivity index (χ0n) is 17.5. The van der Waals surface area contributed by atoms with E-state index in [0.717, 1.165) is 27.5 Å². The lowest BCUT2D eigenvalue weighted by Gasteiger charge is -2.21. The molecule has 1 fully saturated rings. The molecule has 11 heteroatoms. The van der Waals surface area contributed by atoms with E-state index in [1.807, 2.05) is 24.3 Å². The third-order valence-electron chi connectivity index (χ3n) is 5.85. The average molecular weight is 465 g/mol. The smallest absolute Gasteiger partial charge is 0.356 e. The first-order valence-electron chi connectivity index (χ1n) is 10.2. The van der Waals surface area contributed by atoms with Crippen molar-refractivity contribution in [2.45, 2.75) is 25.4 Å². The minimum absolute atomic E-state index is 0.0495. The second-order valence-electron chi connectivity index (χ2n) is 7.90. The highest BCUT2D eigenvalue weighted by molar-refractivity contribution is 7.13. The Morgan fingerprint density at radius 2 is 2.03 bits per heavy atom. The van der Waals surface area contributed by atoms with Crippen LogP contribution in [0.5, 0.6) is 0 Å². The number of carbonyl (C=O) groups is 3. The minimum atomic E-state index is -1.05. The molecule has 0 bridgehead atoms. The molecule has 3 heterocycles. The van der Waals surface area contributed by atoms with E-state index in [1.54, 1.807) is 19.2 Å². The topological polar surface area (TPSA) is 135 Å². The summed E-state index contributed by atoms with van der Waals surface area (Å²) in [6.07, 6.45) is 0.482. The molecule has 168 valence electrons. The van der Waals surface area contributed by atoms with Crippen LogP contribution in [0, 0.1) is 0 Å². The standard InChI is InChI=1S/C22H19N5O5S/c1-26-16-8-11(10-23-12-3-4-13-17(9-12)33-25-19(13)21(30)31)2-5-14(16)27(22(26)32)15-6-7-18(28)24-20(15)29/h2-5,8-9,15,23H,6-7,10H2,1H3,(H,30,31)(H,24,28,29). The molecule has 3 N–H and O–H groups in total. The lowest BCUT2D eigenvalue weighted by Crippen LogP contribution is -2.44. The van der Waals surface area contributed by atoms with Crippen LogP contribution in [0.15, 0.2) is 41.2 Å². The fourth-order valence-corrected chi connectivity index (χ4v) is 4.96. The average Bonchev–Trinajstić information content (AvgIpc) is 3.32. The fourth-order valence-electron chi connectivity index (χ4n) is 4.15. The van der Waals surface area contributed by atoms with Gasteiger partial charge in [-0.1, -0.05) is 6.07 Å². The third kappa shape index (κ3) is 3.55. The Morgan fingerprint density at radius 1 is 1.21 bits per heavy atom. The summed E-state index contributed by atoms with van der Waals surface area (Å²) >= 11 is 1.13. The summed E-state index contributed by atoms with van der Waals surface area (Å²) < 4.78 is 7.71. The van der Waals surface area contributed by atoms with Gasteiger partial charge >= 0.3 is 11.7 Å². The molecule has 0 radical (unpaired) electrons. The van der Waals surface area contributed by atoms with Gasteiger partial charge in [0.05, 0.1) is 15.7 Å². The highest BCUT2D eigenvalue weighted by Gasteiger charge is 2.31. The van der Waals surface area contributed by atoms with Crippen molar-refractivity contribution in [3.05, 3.63) is 58.1 Å². The van der Waals surface area contributed by atoms with Crippen molar-refractivity contribution >= 4 is 56.1 Å². The number of aryl methyl sites for hydroxylation is 1. The maximum absolute atomic E-state index is 12.9. The predicted molar refractivity (Wildman–Crippen MR) is 123 cm³/mol. The van der Waals surface area contributed by atoms with Gasteiger partial charge in [-0.2, -0.15) is 4.37 Å². The number of aromatic carboxylic acids is 1. The van der Waals surface area contributed by atoms with Crippen molar-refractivity contribution < 1.29 is 19.5 Å². The van der Waals surface area contributed by atoms with Crippen LogP contribution in [0.1, 0.15) is 34.9 Å². The van der Waals surface area contributed by atoms with Gasteiger partial charge in [-0.3, -0.25) is 24.0 Å². The summed E-state index contributed by atoms with van der Waals surface area (Å²) in [7, 11) is 1.65. The molecule has 33 heavy (non-hydrogen) atoms. The number of carbonyl (C=O) groups excluding carboxylic acids is 2. The fraction of sp³-hybridized carbons (Fsp3) is 0.227. The largest absolute Gasteiger partial charge is 0.476 e. The number of anilines is 1. The third-order valence-corrected chi connectivity index (χ3v) is 6.66. The van der Waals surface area contributed by atoms with Crippen LogP contribution in [-0.2, 0) is 23.2 Å². The number of amides is 2. The van der Waals surface area contributed by atoms with Gasteiger partial charge in [0.15, 0.2) is 5.69 Å². The Bertz CT molecular complexity index is 1510. The van der Waals surface area contributed by atoms with E-state index in [9.17, 15) is 24.3 Å². The zero-order valence-corrected chi connectivity index (χ0v) is 18.3. The molecule has 1 aliphatic heterocycles. The minimum Gasteiger partial charge on any atom is -0.476 e. The van der Waals surface area contributed by atoms with E-state index in [-0.39, 0.29) is 30.1 Å². The quantitative estimate of drug-likeness (QED) is 0.385. The van der Waals surface area contributed by atoms with Crippen LogP contribution in [0.2, 0.25) is 0 Å². The molecule has 2 aromatic heterocycles. The maximum atomic E-state index is 12.9. The first kappa shape index (κ1) is 20.9. The van der Waals surface area contributed by atoms with Crippen molar-refractivity contribution in [3.8, 4) is 0 Å². The van der Waals surface area contributed by atoms with Crippen LogP contribution >= 0.6 is 11.5 Å². The number of benzene rings is 2. The number of carboxylic acid groups (broad SMARTS) is 1. The summed E-state index contributed by atoms with van der Waals surface area (Å²) in [6, 6.07) is 10.2. The lowest BCUT2D eigenvalue weighted by atomic mass is 10.1. The van der Waals surface area contributed by atoms with Crippen molar-refractivity contribution in [3.63, 3.8) is 0 Å². The first-order chi connectivity index (χ1) is 15.8. The highest BCUT2D eigenvalue weighted by atomic mass is 32.1. The number of nitrogens with one attached hydrogen (secondary N) is 2. The molecule has 5 rings (SSSR count). The van der Waals surface area contributed by atoms with Gasteiger partial charge in [0.1, 0.15) is 6.04 Å². The Balaban J connectivity index is 1.41. The zero-order chi connectivity index (χ0) is 23.3. The molecule has 1 aliphatic rings. The second-order valence-corrected chi connectivity index (χ2v) is 8.71. The van der Waals surface area contributed by atoms with E-state index in [4.69, 9.17) is 0 Å². The lowest BCUT2D eigenvalue weighted by molar-refractivity contribution is -0.135. The first-order valence-corrected chi connectivity index (χ1v) is 11.0. The predicted octanol–water partition coefficient (Wildman–Crippen LogP) is 2.24. The summed E-state index contributed by atoms with van der Waals surface area (Å²) in [5.41, 5.74) is 2.80. The number of hydrogen-bond acceptors (Lipinski definition) is 7. The van der Waals surface area contributed by atoms with Gasteiger partial charge in [0.25, 0.3) is 0 Å². The summed E-state index contributed by atoms with van der Waals surface area (Å²) in [4.78, 5) is 47.9. The molecule has 1 saturated heterocycles. The Labute approximate surface area is 190 Å². The molecule has 0 spiro atoms. The molecule has 1 atom stereocenters. The maximum Gasteiger partial charge on any atom is 0.356 e. The van der Waals surface area contributed by atoms with Gasteiger partial charge in [0, 0.05) is 31.1 Å². The van der Waals surface area contributed by atoms with E-state index in [1.165, 1.54) is 9.13 Å². The number of aromatic nitrogens is 3. The van der Waals surface area contributed by atoms with Crippen LogP contribution in [0.3, 0.4) is 0 Å². The van der Waals surface area contributed by atoms with Gasteiger partial charge in [-0.05, 0) is 53.8 Å². The second kappa shape index (κ2) is 7.85. The van der Waals surface area contributed by atoms with Gasteiger partial charge in [-0.25, -0.2) is 9.59 Å². The molecular weight excluding hydrogens is 446 g/mol. The van der Waals surface area contributed by atoms with Gasteiger partial charge < -0.3 is 10.4 Å². The van der Waals surface area contributed by atoms with E-state index in [2.05, 4.69) is 15.0 Å². The molecule has 1 unspecified atom stereocenters. The Hall–Kier alpha value is -3.99. The molecule has 2 aromatic carbocycles. The summed E-state index contributed by atoms with van der Waals surface area (Å²) in [6.45, 7) is 0.476. The molecule has 2 amide bonds. The van der Waals surface area contributed by atoms with Crippen LogP contribution in [0.4, 0.5) is 5.69 Å². The number of rotatable bonds is 5. The molecule has 0 aliphatic carbocycles. The Kier molecular flexibility index (Phi) is 4.97. The monoisotopic (exact) mass is 465 g/mol. The number of imide groups is 1. The summed E-state index contributed by atoms with van der Waals surface area (Å²) in [5.74, 6) is -1.84. The number of hydrogen-bond donors (Lipinski definition) is 3. The van der Waals surface area contributed by atoms with Crippen molar-refractivity contribution in [2.75, 3.05) is 5.32 Å². The van der Waals surface area contributed by atoms with Crippen molar-refractivity contribution in [1.29, 1.82) is 0 Å². The number of imidazole rings is 1. The molecular formula is C22H19N5O5S. The molecule has 10 nitrogen and oxygen atoms in total. The SMILES string of the molecule is Cn1c(=O)n(C2CCC(=O)NC2=O)c2ccc(CNc3ccc4c(C(=O)O)nsc4c3)cc21. The van der Waals surface area contributed by atoms with E-state index < -0.39 is 17.9 Å². The Morgan fingerprint density at radius 3 is 2.79 bits per heavy atom. The normalized spacial score (nSPS) is 16.3. The summed E-state index contributed by atoms with van der Waals surface area (Å²) in [5, 5.41) is 15.4.